The van der Waals surface area contributed by atoms with E-state index in [9.17, 15) is 0 Å². The van der Waals surface area contributed by atoms with E-state index >= 15 is 0 Å². The van der Waals surface area contributed by atoms with Crippen molar-refractivity contribution in [3.8, 4) is 5.75 Å². The van der Waals surface area contributed by atoms with Crippen molar-refractivity contribution in [1.82, 2.24) is 4.90 Å². The van der Waals surface area contributed by atoms with Crippen LogP contribution in [0.1, 0.15) is 20.8 Å². The lowest BCUT2D eigenvalue weighted by atomic mass is 9.83. The molecule has 1 aromatic carbocycles. The Kier molecular flexibility index (Phi) is 4.84. The standard InChI is InChI=1S/C18H24N2O/c1-5-20(4)14-19-18(3)12-11-17(13-15(18)2)21-16-9-7-6-8-10-16/h6-15H,5H2,1-4H3/b19-14-. The minimum Gasteiger partial charge on any atom is -0.458 e. The van der Waals surface area contributed by atoms with Crippen LogP contribution in [0, 0.1) is 5.92 Å². The third-order valence-corrected chi connectivity index (χ3v) is 3.93. The highest BCUT2D eigenvalue weighted by Gasteiger charge is 2.29. The van der Waals surface area contributed by atoms with Crippen molar-refractivity contribution in [1.29, 1.82) is 0 Å². The molecule has 0 aliphatic heterocycles. The van der Waals surface area contributed by atoms with Gasteiger partial charge in [0.1, 0.15) is 11.5 Å². The molecule has 3 nitrogen and oxygen atoms in total. The highest BCUT2D eigenvalue weighted by atomic mass is 16.5. The Morgan fingerprint density at radius 2 is 2.05 bits per heavy atom. The van der Waals surface area contributed by atoms with Crippen molar-refractivity contribution in [3.05, 3.63) is 54.3 Å². The number of nitrogens with zero attached hydrogens (tertiary/aromatic N) is 2. The number of ether oxygens (including phenoxy) is 1. The van der Waals surface area contributed by atoms with E-state index < -0.39 is 0 Å². The molecule has 0 bridgehead atoms. The monoisotopic (exact) mass is 284 g/mol. The molecule has 0 saturated carbocycles. The fraction of sp³-hybridized carbons (Fsp3) is 0.389. The van der Waals surface area contributed by atoms with E-state index in [-0.39, 0.29) is 11.5 Å². The lowest BCUT2D eigenvalue weighted by molar-refractivity contribution is 0.394. The van der Waals surface area contributed by atoms with Crippen LogP contribution in [0.15, 0.2) is 59.3 Å². The number of allylic oxidation sites excluding steroid dienone is 1. The Morgan fingerprint density at radius 1 is 1.33 bits per heavy atom. The van der Waals surface area contributed by atoms with Crippen molar-refractivity contribution in [2.24, 2.45) is 10.9 Å². The van der Waals surface area contributed by atoms with Crippen LogP contribution in [0.5, 0.6) is 5.75 Å². The number of rotatable bonds is 5. The molecule has 0 aromatic heterocycles. The highest BCUT2D eigenvalue weighted by molar-refractivity contribution is 5.56. The molecule has 2 atom stereocenters. The van der Waals surface area contributed by atoms with Gasteiger partial charge in [-0.15, -0.1) is 0 Å². The molecule has 2 rings (SSSR count). The van der Waals surface area contributed by atoms with Gasteiger partial charge in [-0.25, -0.2) is 0 Å². The van der Waals surface area contributed by atoms with Crippen LogP contribution >= 0.6 is 0 Å². The SMILES string of the molecule is CCN(C)/C=N\C1(C)C=CC(Oc2ccccc2)=CC1C. The topological polar surface area (TPSA) is 24.8 Å². The molecular formula is C18H24N2O. The van der Waals surface area contributed by atoms with Gasteiger partial charge in [0.25, 0.3) is 0 Å². The molecule has 0 amide bonds. The summed E-state index contributed by atoms with van der Waals surface area (Å²) in [4.78, 5) is 6.80. The first kappa shape index (κ1) is 15.4. The van der Waals surface area contributed by atoms with Crippen LogP contribution in [0.3, 0.4) is 0 Å². The zero-order chi connectivity index (χ0) is 15.3. The average molecular weight is 284 g/mol. The second kappa shape index (κ2) is 6.61. The number of hydrogen-bond acceptors (Lipinski definition) is 2. The number of benzene rings is 1. The fourth-order valence-electron chi connectivity index (χ4n) is 2.03. The lowest BCUT2D eigenvalue weighted by Gasteiger charge is -2.30. The zero-order valence-corrected chi connectivity index (χ0v) is 13.3. The van der Waals surface area contributed by atoms with Crippen LogP contribution in [0.4, 0.5) is 0 Å². The van der Waals surface area contributed by atoms with Gasteiger partial charge in [0.05, 0.1) is 11.9 Å². The van der Waals surface area contributed by atoms with E-state index in [0.717, 1.165) is 18.1 Å². The minimum absolute atomic E-state index is 0.215. The maximum absolute atomic E-state index is 5.88. The number of para-hydroxylation sites is 1. The summed E-state index contributed by atoms with van der Waals surface area (Å²) >= 11 is 0. The summed E-state index contributed by atoms with van der Waals surface area (Å²) in [5.74, 6) is 2.02. The molecule has 0 saturated heterocycles. The van der Waals surface area contributed by atoms with Gasteiger partial charge in [0.2, 0.25) is 0 Å². The summed E-state index contributed by atoms with van der Waals surface area (Å²) in [6.07, 6.45) is 8.18. The van der Waals surface area contributed by atoms with Crippen molar-refractivity contribution in [2.75, 3.05) is 13.6 Å². The molecule has 1 aliphatic carbocycles. The van der Waals surface area contributed by atoms with E-state index in [4.69, 9.17) is 9.73 Å². The van der Waals surface area contributed by atoms with Crippen molar-refractivity contribution < 1.29 is 4.74 Å². The average Bonchev–Trinajstić information content (AvgIpc) is 2.50. The molecule has 1 aliphatic rings. The van der Waals surface area contributed by atoms with Crippen molar-refractivity contribution in [2.45, 2.75) is 26.3 Å². The second-order valence-electron chi connectivity index (χ2n) is 5.65. The summed E-state index contributed by atoms with van der Waals surface area (Å²) in [6.45, 7) is 7.38. The van der Waals surface area contributed by atoms with Crippen LogP contribution < -0.4 is 4.74 Å². The molecule has 0 heterocycles. The van der Waals surface area contributed by atoms with Gasteiger partial charge in [-0.3, -0.25) is 4.99 Å². The Bertz CT molecular complexity index is 548. The Hall–Kier alpha value is -2.03. The van der Waals surface area contributed by atoms with Gasteiger partial charge in [-0.05, 0) is 38.1 Å². The first-order valence-corrected chi connectivity index (χ1v) is 7.43. The normalized spacial score (nSPS) is 25.0. The van der Waals surface area contributed by atoms with Crippen LogP contribution in [-0.4, -0.2) is 30.4 Å². The van der Waals surface area contributed by atoms with Crippen LogP contribution in [0.2, 0.25) is 0 Å². The van der Waals surface area contributed by atoms with Gasteiger partial charge >= 0.3 is 0 Å². The van der Waals surface area contributed by atoms with Crippen LogP contribution in [0.25, 0.3) is 0 Å². The Balaban J connectivity index is 2.07. The Labute approximate surface area is 127 Å². The zero-order valence-electron chi connectivity index (χ0n) is 13.3. The van der Waals surface area contributed by atoms with Gasteiger partial charge in [-0.2, -0.15) is 0 Å². The maximum atomic E-state index is 5.88. The predicted octanol–water partition coefficient (Wildman–Crippen LogP) is 3.89. The van der Waals surface area contributed by atoms with E-state index in [1.54, 1.807) is 0 Å². The molecule has 0 spiro atoms. The van der Waals surface area contributed by atoms with Crippen molar-refractivity contribution in [3.63, 3.8) is 0 Å². The van der Waals surface area contributed by atoms with E-state index in [1.807, 2.05) is 49.8 Å². The summed E-state index contributed by atoms with van der Waals surface area (Å²) < 4.78 is 5.88. The summed E-state index contributed by atoms with van der Waals surface area (Å²) in [5, 5.41) is 0. The van der Waals surface area contributed by atoms with Gasteiger partial charge in [0.15, 0.2) is 0 Å². The molecular weight excluding hydrogens is 260 g/mol. The predicted molar refractivity (Wildman–Crippen MR) is 88.7 cm³/mol. The molecule has 112 valence electrons. The van der Waals surface area contributed by atoms with E-state index in [2.05, 4.69) is 37.8 Å². The summed E-state index contributed by atoms with van der Waals surface area (Å²) in [7, 11) is 2.03. The van der Waals surface area contributed by atoms with E-state index in [1.165, 1.54) is 0 Å². The molecule has 0 fully saturated rings. The second-order valence-corrected chi connectivity index (χ2v) is 5.65. The van der Waals surface area contributed by atoms with Crippen molar-refractivity contribution >= 4 is 6.34 Å². The summed E-state index contributed by atoms with van der Waals surface area (Å²) in [6, 6.07) is 9.85. The Morgan fingerprint density at radius 3 is 2.67 bits per heavy atom. The smallest absolute Gasteiger partial charge is 0.127 e. The fourth-order valence-corrected chi connectivity index (χ4v) is 2.03. The molecule has 1 aromatic rings. The minimum atomic E-state index is -0.215. The van der Waals surface area contributed by atoms with Gasteiger partial charge < -0.3 is 9.64 Å². The quantitative estimate of drug-likeness (QED) is 0.605. The largest absolute Gasteiger partial charge is 0.458 e. The third kappa shape index (κ3) is 3.97. The molecule has 21 heavy (non-hydrogen) atoms. The molecule has 3 heteroatoms. The summed E-state index contributed by atoms with van der Waals surface area (Å²) in [5.41, 5.74) is -0.215. The number of aliphatic imine (C=N–C) groups is 1. The molecule has 2 unspecified atom stereocenters. The van der Waals surface area contributed by atoms with E-state index in [0.29, 0.717) is 0 Å². The highest BCUT2D eigenvalue weighted by Crippen LogP contribution is 2.31. The van der Waals surface area contributed by atoms with Crippen LogP contribution in [-0.2, 0) is 0 Å². The number of hydrogen-bond donors (Lipinski definition) is 0. The lowest BCUT2D eigenvalue weighted by Crippen LogP contribution is -2.31. The van der Waals surface area contributed by atoms with Gasteiger partial charge in [-0.1, -0.05) is 31.2 Å². The first-order chi connectivity index (χ1) is 10.0. The molecule has 0 N–H and O–H groups in total. The third-order valence-electron chi connectivity index (χ3n) is 3.93. The molecule has 0 radical (unpaired) electrons. The maximum Gasteiger partial charge on any atom is 0.127 e. The first-order valence-electron chi connectivity index (χ1n) is 7.43. The van der Waals surface area contributed by atoms with Gasteiger partial charge in [0, 0.05) is 19.5 Å².